The van der Waals surface area contributed by atoms with Gasteiger partial charge in [-0.25, -0.2) is 4.79 Å². The van der Waals surface area contributed by atoms with Gasteiger partial charge in [0.25, 0.3) is 0 Å². The van der Waals surface area contributed by atoms with Crippen LogP contribution in [0.4, 0.5) is 0 Å². The minimum atomic E-state index is -1.72. The lowest BCUT2D eigenvalue weighted by molar-refractivity contribution is -0.138. The molecule has 0 aliphatic rings. The number of ether oxygens (including phenoxy) is 1. The number of hydrogen-bond acceptors (Lipinski definition) is 3. The molecule has 4 heteroatoms. The number of rotatable bonds is 11. The average Bonchev–Trinajstić information content (AvgIpc) is 2.37. The minimum Gasteiger partial charge on any atom is -0.547 e. The van der Waals surface area contributed by atoms with Crippen molar-refractivity contribution in [3.63, 3.8) is 0 Å². The van der Waals surface area contributed by atoms with Gasteiger partial charge in [0.05, 0.1) is 17.9 Å². The zero-order valence-corrected chi connectivity index (χ0v) is 15.9. The van der Waals surface area contributed by atoms with Crippen LogP contribution < -0.4 is 0 Å². The maximum atomic E-state index is 12.3. The van der Waals surface area contributed by atoms with Crippen molar-refractivity contribution < 1.29 is 14.0 Å². The average molecular weight is 315 g/mol. The highest BCUT2D eigenvalue weighted by Crippen LogP contribution is 2.24. The summed E-state index contributed by atoms with van der Waals surface area (Å²) >= 11 is 0. The zero-order chi connectivity index (χ0) is 16.3. The molecule has 0 unspecified atom stereocenters. The number of carbonyl (C=O) groups excluding carboxylic acids is 1. The Hall–Kier alpha value is -0.773. The van der Waals surface area contributed by atoms with Crippen LogP contribution in [0.15, 0.2) is 11.3 Å². The molecular weight excluding hydrogens is 280 g/mol. The van der Waals surface area contributed by atoms with E-state index < -0.39 is 8.32 Å². The first-order chi connectivity index (χ1) is 9.85. The van der Waals surface area contributed by atoms with Crippen LogP contribution in [0.5, 0.6) is 0 Å². The van der Waals surface area contributed by atoms with Crippen molar-refractivity contribution in [3.8, 4) is 0 Å². The van der Waals surface area contributed by atoms with Gasteiger partial charge < -0.3 is 9.16 Å². The van der Waals surface area contributed by atoms with Gasteiger partial charge in [0.1, 0.15) is 0 Å². The summed E-state index contributed by atoms with van der Waals surface area (Å²) in [5, 5.41) is 0. The van der Waals surface area contributed by atoms with Crippen molar-refractivity contribution in [2.45, 2.75) is 85.4 Å². The number of carbonyl (C=O) groups is 1. The summed E-state index contributed by atoms with van der Waals surface area (Å²) in [6.45, 7) is 13.1. The number of allylic oxidation sites excluding steroid dienone is 1. The van der Waals surface area contributed by atoms with E-state index in [1.165, 1.54) is 12.8 Å². The Labute approximate surface area is 132 Å². The smallest absolute Gasteiger partial charge is 0.337 e. The van der Waals surface area contributed by atoms with Gasteiger partial charge in [0.15, 0.2) is 0 Å². The molecule has 0 atom stereocenters. The molecule has 21 heavy (non-hydrogen) atoms. The van der Waals surface area contributed by atoms with Crippen molar-refractivity contribution in [3.05, 3.63) is 11.3 Å². The normalized spacial score (nSPS) is 12.9. The summed E-state index contributed by atoms with van der Waals surface area (Å²) < 4.78 is 11.5. The molecule has 0 saturated heterocycles. The molecule has 0 aliphatic heterocycles. The van der Waals surface area contributed by atoms with E-state index in [1.54, 1.807) is 0 Å². The molecule has 0 aromatic heterocycles. The molecule has 0 saturated carbocycles. The third kappa shape index (κ3) is 9.72. The van der Waals surface area contributed by atoms with Crippen molar-refractivity contribution in [2.75, 3.05) is 6.61 Å². The molecule has 3 nitrogen and oxygen atoms in total. The topological polar surface area (TPSA) is 35.5 Å². The highest BCUT2D eigenvalue weighted by Gasteiger charge is 2.23. The van der Waals surface area contributed by atoms with Crippen LogP contribution in [0.25, 0.3) is 0 Å². The van der Waals surface area contributed by atoms with E-state index in [9.17, 15) is 4.79 Å². The van der Waals surface area contributed by atoms with Crippen LogP contribution >= 0.6 is 0 Å². The summed E-state index contributed by atoms with van der Waals surface area (Å²) in [6, 6.07) is 0. The van der Waals surface area contributed by atoms with Gasteiger partial charge in [-0.1, -0.05) is 33.1 Å². The Morgan fingerprint density at radius 3 is 2.00 bits per heavy atom. The Balaban J connectivity index is 5.24. The van der Waals surface area contributed by atoms with Crippen molar-refractivity contribution in [2.24, 2.45) is 0 Å². The maximum absolute atomic E-state index is 12.3. The lowest BCUT2D eigenvalue weighted by Gasteiger charge is -2.24. The highest BCUT2D eigenvalue weighted by molar-refractivity contribution is 6.70. The molecule has 0 amide bonds. The third-order valence-electron chi connectivity index (χ3n) is 3.08. The molecule has 0 aromatic rings. The number of unbranched alkanes of at least 4 members (excludes halogenated alkanes) is 3. The van der Waals surface area contributed by atoms with Crippen LogP contribution in [0, 0.1) is 0 Å². The molecule has 0 aromatic carbocycles. The maximum Gasteiger partial charge on any atom is 0.337 e. The molecule has 124 valence electrons. The molecule has 0 radical (unpaired) electrons. The van der Waals surface area contributed by atoms with Gasteiger partial charge in [-0.15, -0.1) is 0 Å². The van der Waals surface area contributed by atoms with Gasteiger partial charge in [-0.2, -0.15) is 0 Å². The fourth-order valence-corrected chi connectivity index (χ4v) is 3.06. The van der Waals surface area contributed by atoms with Gasteiger partial charge in [0, 0.05) is 6.42 Å². The quantitative estimate of drug-likeness (QED) is 0.168. The second kappa shape index (κ2) is 10.9. The van der Waals surface area contributed by atoms with Crippen LogP contribution in [-0.4, -0.2) is 20.9 Å². The van der Waals surface area contributed by atoms with Crippen LogP contribution in [-0.2, 0) is 14.0 Å². The van der Waals surface area contributed by atoms with Crippen molar-refractivity contribution in [1.29, 1.82) is 0 Å². The Morgan fingerprint density at radius 2 is 1.52 bits per heavy atom. The molecule has 0 heterocycles. The predicted octanol–water partition coefficient (Wildman–Crippen LogP) is 5.43. The SMILES string of the molecule is CCCCC/C(O[Si](C)(C)C)=C(/CCCC)C(=O)OCC. The van der Waals surface area contributed by atoms with Gasteiger partial charge >= 0.3 is 5.97 Å². The highest BCUT2D eigenvalue weighted by atomic mass is 28.4. The van der Waals surface area contributed by atoms with E-state index in [2.05, 4.69) is 33.5 Å². The van der Waals surface area contributed by atoms with Crippen molar-refractivity contribution >= 4 is 14.3 Å². The Morgan fingerprint density at radius 1 is 0.905 bits per heavy atom. The van der Waals surface area contributed by atoms with Gasteiger partial charge in [-0.3, -0.25) is 0 Å². The molecule has 0 fully saturated rings. The van der Waals surface area contributed by atoms with E-state index in [4.69, 9.17) is 9.16 Å². The van der Waals surface area contributed by atoms with E-state index in [0.29, 0.717) is 6.61 Å². The van der Waals surface area contributed by atoms with Crippen LogP contribution in [0.1, 0.15) is 65.7 Å². The summed E-state index contributed by atoms with van der Waals surface area (Å²) in [7, 11) is -1.72. The largest absolute Gasteiger partial charge is 0.547 e. The summed E-state index contributed by atoms with van der Waals surface area (Å²) in [6.07, 6.45) is 7.10. The fourth-order valence-electron chi connectivity index (χ4n) is 2.10. The standard InChI is InChI=1S/C17H34O3Si/c1-7-10-12-14-16(20-21(4,5)6)15(13-11-8-2)17(18)19-9-3/h7-14H2,1-6H3/b16-15+. The molecule has 0 bridgehead atoms. The first-order valence-corrected chi connectivity index (χ1v) is 11.8. The van der Waals surface area contributed by atoms with Gasteiger partial charge in [-0.05, 0) is 45.8 Å². The summed E-state index contributed by atoms with van der Waals surface area (Å²) in [4.78, 5) is 12.3. The molecular formula is C17H34O3Si. The van der Waals surface area contributed by atoms with Crippen LogP contribution in [0.2, 0.25) is 19.6 Å². The van der Waals surface area contributed by atoms with E-state index in [1.807, 2.05) is 6.92 Å². The fraction of sp³-hybridized carbons (Fsp3) is 0.824. The predicted molar refractivity (Wildman–Crippen MR) is 91.8 cm³/mol. The van der Waals surface area contributed by atoms with Crippen LogP contribution in [0.3, 0.4) is 0 Å². The van der Waals surface area contributed by atoms with E-state index >= 15 is 0 Å². The molecule has 0 rings (SSSR count). The van der Waals surface area contributed by atoms with Crippen molar-refractivity contribution in [1.82, 2.24) is 0 Å². The molecule has 0 aliphatic carbocycles. The second-order valence-electron chi connectivity index (χ2n) is 6.40. The minimum absolute atomic E-state index is 0.185. The Bertz CT molecular complexity index is 329. The van der Waals surface area contributed by atoms with Gasteiger partial charge in [0.2, 0.25) is 8.32 Å². The first kappa shape index (κ1) is 20.2. The summed E-state index contributed by atoms with van der Waals surface area (Å²) in [5.74, 6) is 0.713. The summed E-state index contributed by atoms with van der Waals surface area (Å²) in [5.41, 5.74) is 0.775. The third-order valence-corrected chi connectivity index (χ3v) is 3.93. The number of esters is 1. The monoisotopic (exact) mass is 314 g/mol. The van der Waals surface area contributed by atoms with E-state index in [-0.39, 0.29) is 5.97 Å². The molecule has 0 spiro atoms. The lowest BCUT2D eigenvalue weighted by Crippen LogP contribution is -2.26. The lowest BCUT2D eigenvalue weighted by atomic mass is 10.0. The second-order valence-corrected chi connectivity index (χ2v) is 10.8. The first-order valence-electron chi connectivity index (χ1n) is 8.43. The Kier molecular flexibility index (Phi) is 10.5. The molecule has 0 N–H and O–H groups in total. The van der Waals surface area contributed by atoms with E-state index in [0.717, 1.165) is 43.4 Å². The zero-order valence-electron chi connectivity index (χ0n) is 14.9. The number of hydrogen-bond donors (Lipinski definition) is 0.